The number of anilines is 2. The molecule has 1 heterocycles. The van der Waals surface area contributed by atoms with Crippen LogP contribution in [0.2, 0.25) is 5.02 Å². The molecule has 0 aliphatic rings. The van der Waals surface area contributed by atoms with Crippen molar-refractivity contribution in [2.45, 2.75) is 24.0 Å². The number of halogens is 1. The molecule has 4 rings (SSSR count). The maximum Gasteiger partial charge on any atom is 0.255 e. The summed E-state index contributed by atoms with van der Waals surface area (Å²) in [6, 6.07) is 22.3. The van der Waals surface area contributed by atoms with Crippen LogP contribution in [0, 0.1) is 6.92 Å². The second kappa shape index (κ2) is 10.9. The fraction of sp³-hybridized carbons (Fsp3) is 0.115. The third kappa shape index (κ3) is 6.26. The van der Waals surface area contributed by atoms with Crippen molar-refractivity contribution in [2.75, 3.05) is 10.6 Å². The molecule has 2 amide bonds. The Kier molecular flexibility index (Phi) is 7.67. The summed E-state index contributed by atoms with van der Waals surface area (Å²) in [4.78, 5) is 30.7. The van der Waals surface area contributed by atoms with Crippen LogP contribution in [0.3, 0.4) is 0 Å². The van der Waals surface area contributed by atoms with Gasteiger partial charge in [0.2, 0.25) is 5.91 Å². The summed E-state index contributed by atoms with van der Waals surface area (Å²) < 4.78 is 0. The van der Waals surface area contributed by atoms with E-state index in [0.29, 0.717) is 21.4 Å². The van der Waals surface area contributed by atoms with Crippen LogP contribution >= 0.6 is 34.7 Å². The first-order valence-electron chi connectivity index (χ1n) is 10.5. The summed E-state index contributed by atoms with van der Waals surface area (Å²) in [5, 5.41) is 8.56. The molecule has 0 bridgehead atoms. The zero-order chi connectivity index (χ0) is 24.1. The SMILES string of the molecule is Cc1cccc(C(=O)Nc2cccc(SC(C)C(=O)Nc3nc(-c4ccc(Cl)cc4)cs3)c2)c1. The molecule has 172 valence electrons. The number of nitrogens with zero attached hydrogens (tertiary/aromatic N) is 1. The van der Waals surface area contributed by atoms with Crippen molar-refractivity contribution in [2.24, 2.45) is 0 Å². The molecule has 1 unspecified atom stereocenters. The van der Waals surface area contributed by atoms with Crippen LogP contribution in [0.4, 0.5) is 10.8 Å². The molecule has 5 nitrogen and oxygen atoms in total. The van der Waals surface area contributed by atoms with Crippen LogP contribution in [0.25, 0.3) is 11.3 Å². The van der Waals surface area contributed by atoms with E-state index in [0.717, 1.165) is 21.7 Å². The summed E-state index contributed by atoms with van der Waals surface area (Å²) >= 11 is 8.73. The molecular weight excluding hydrogens is 486 g/mol. The smallest absolute Gasteiger partial charge is 0.255 e. The molecule has 0 aliphatic carbocycles. The lowest BCUT2D eigenvalue weighted by Gasteiger charge is -2.12. The van der Waals surface area contributed by atoms with E-state index in [1.807, 2.05) is 86.0 Å². The first-order chi connectivity index (χ1) is 16.4. The minimum absolute atomic E-state index is 0.142. The van der Waals surface area contributed by atoms with E-state index < -0.39 is 0 Å². The van der Waals surface area contributed by atoms with Gasteiger partial charge in [-0.05, 0) is 56.3 Å². The Morgan fingerprint density at radius 2 is 1.76 bits per heavy atom. The summed E-state index contributed by atoms with van der Waals surface area (Å²) in [5.74, 6) is -0.312. The van der Waals surface area contributed by atoms with Crippen molar-refractivity contribution >= 4 is 57.3 Å². The van der Waals surface area contributed by atoms with Gasteiger partial charge >= 0.3 is 0 Å². The van der Waals surface area contributed by atoms with Crippen molar-refractivity contribution in [3.63, 3.8) is 0 Å². The number of nitrogens with one attached hydrogen (secondary N) is 2. The molecule has 0 aliphatic heterocycles. The Hall–Kier alpha value is -3.13. The number of rotatable bonds is 7. The number of hydrogen-bond donors (Lipinski definition) is 2. The lowest BCUT2D eigenvalue weighted by atomic mass is 10.1. The molecule has 2 N–H and O–H groups in total. The van der Waals surface area contributed by atoms with Crippen molar-refractivity contribution in [1.29, 1.82) is 0 Å². The number of carbonyl (C=O) groups is 2. The van der Waals surface area contributed by atoms with E-state index in [-0.39, 0.29) is 17.1 Å². The summed E-state index contributed by atoms with van der Waals surface area (Å²) in [6.45, 7) is 3.79. The third-order valence-corrected chi connectivity index (χ3v) is 7.03. The van der Waals surface area contributed by atoms with Gasteiger partial charge in [0.05, 0.1) is 10.9 Å². The Labute approximate surface area is 211 Å². The first kappa shape index (κ1) is 24.0. The fourth-order valence-corrected chi connectivity index (χ4v) is 4.96. The highest BCUT2D eigenvalue weighted by molar-refractivity contribution is 8.00. The van der Waals surface area contributed by atoms with Gasteiger partial charge in [-0.3, -0.25) is 9.59 Å². The Morgan fingerprint density at radius 1 is 1.00 bits per heavy atom. The van der Waals surface area contributed by atoms with Gasteiger partial charge in [0.15, 0.2) is 5.13 Å². The van der Waals surface area contributed by atoms with Crippen molar-refractivity contribution in [3.8, 4) is 11.3 Å². The minimum Gasteiger partial charge on any atom is -0.322 e. The van der Waals surface area contributed by atoms with Crippen LogP contribution < -0.4 is 10.6 Å². The second-order valence-electron chi connectivity index (χ2n) is 7.65. The topological polar surface area (TPSA) is 71.1 Å². The molecule has 4 aromatic rings. The molecule has 0 saturated carbocycles. The maximum absolute atomic E-state index is 12.7. The van der Waals surface area contributed by atoms with E-state index in [4.69, 9.17) is 11.6 Å². The van der Waals surface area contributed by atoms with Gasteiger partial charge in [0.1, 0.15) is 0 Å². The Morgan fingerprint density at radius 3 is 2.53 bits per heavy atom. The van der Waals surface area contributed by atoms with Crippen LogP contribution in [-0.2, 0) is 4.79 Å². The van der Waals surface area contributed by atoms with Crippen LogP contribution in [0.1, 0.15) is 22.8 Å². The number of carbonyl (C=O) groups excluding carboxylic acids is 2. The number of thiazole rings is 1. The van der Waals surface area contributed by atoms with E-state index in [1.165, 1.54) is 23.1 Å². The standard InChI is InChI=1S/C26H22ClN3O2S2/c1-16-5-3-6-19(13-16)25(32)28-21-7-4-8-22(14-21)34-17(2)24(31)30-26-29-23(15-33-26)18-9-11-20(27)12-10-18/h3-15,17H,1-2H3,(H,28,32)(H,29,30,31). The number of thioether (sulfide) groups is 1. The number of benzene rings is 3. The number of aryl methyl sites for hydroxylation is 1. The minimum atomic E-state index is -0.356. The average molecular weight is 508 g/mol. The number of aromatic nitrogens is 1. The Bertz CT molecular complexity index is 1320. The highest BCUT2D eigenvalue weighted by atomic mass is 35.5. The second-order valence-corrected chi connectivity index (χ2v) is 10.4. The summed E-state index contributed by atoms with van der Waals surface area (Å²) in [5.41, 5.74) is 4.03. The van der Waals surface area contributed by atoms with Gasteiger partial charge in [0.25, 0.3) is 5.91 Å². The molecule has 0 radical (unpaired) electrons. The number of amides is 2. The summed E-state index contributed by atoms with van der Waals surface area (Å²) in [6.07, 6.45) is 0. The number of hydrogen-bond acceptors (Lipinski definition) is 5. The van der Waals surface area contributed by atoms with Crippen LogP contribution in [0.5, 0.6) is 0 Å². The molecule has 1 aromatic heterocycles. The van der Waals surface area contributed by atoms with Crippen LogP contribution in [0.15, 0.2) is 83.1 Å². The van der Waals surface area contributed by atoms with Crippen molar-refractivity contribution < 1.29 is 9.59 Å². The highest BCUT2D eigenvalue weighted by Crippen LogP contribution is 2.29. The normalized spacial score (nSPS) is 11.6. The maximum atomic E-state index is 12.7. The quantitative estimate of drug-likeness (QED) is 0.261. The van der Waals surface area contributed by atoms with E-state index in [1.54, 1.807) is 6.07 Å². The molecule has 1 atom stereocenters. The molecular formula is C26H22ClN3O2S2. The molecule has 0 spiro atoms. The Balaban J connectivity index is 1.36. The van der Waals surface area contributed by atoms with Gasteiger partial charge in [-0.1, -0.05) is 47.5 Å². The zero-order valence-corrected chi connectivity index (χ0v) is 20.9. The molecule has 0 saturated heterocycles. The largest absolute Gasteiger partial charge is 0.322 e. The lowest BCUT2D eigenvalue weighted by Crippen LogP contribution is -2.22. The molecule has 8 heteroatoms. The highest BCUT2D eigenvalue weighted by Gasteiger charge is 2.17. The predicted octanol–water partition coefficient (Wildman–Crippen LogP) is 7.14. The van der Waals surface area contributed by atoms with Gasteiger partial charge in [-0.15, -0.1) is 23.1 Å². The van der Waals surface area contributed by atoms with Crippen molar-refractivity contribution in [1.82, 2.24) is 4.98 Å². The van der Waals surface area contributed by atoms with Crippen LogP contribution in [-0.4, -0.2) is 22.0 Å². The van der Waals surface area contributed by atoms with Gasteiger partial charge in [0, 0.05) is 32.1 Å². The fourth-order valence-electron chi connectivity index (χ4n) is 3.19. The van der Waals surface area contributed by atoms with Gasteiger partial charge in [-0.25, -0.2) is 4.98 Å². The van der Waals surface area contributed by atoms with E-state index >= 15 is 0 Å². The third-order valence-electron chi connectivity index (χ3n) is 4.93. The van der Waals surface area contributed by atoms with E-state index in [9.17, 15) is 9.59 Å². The first-order valence-corrected chi connectivity index (χ1v) is 12.7. The zero-order valence-electron chi connectivity index (χ0n) is 18.5. The molecule has 34 heavy (non-hydrogen) atoms. The molecule has 3 aromatic carbocycles. The van der Waals surface area contributed by atoms with Gasteiger partial charge < -0.3 is 10.6 Å². The monoisotopic (exact) mass is 507 g/mol. The molecule has 0 fully saturated rings. The predicted molar refractivity (Wildman–Crippen MR) is 142 cm³/mol. The average Bonchev–Trinajstić information content (AvgIpc) is 3.28. The van der Waals surface area contributed by atoms with Crippen molar-refractivity contribution in [3.05, 3.63) is 94.3 Å². The van der Waals surface area contributed by atoms with Gasteiger partial charge in [-0.2, -0.15) is 0 Å². The lowest BCUT2D eigenvalue weighted by molar-refractivity contribution is -0.115. The summed E-state index contributed by atoms with van der Waals surface area (Å²) in [7, 11) is 0. The van der Waals surface area contributed by atoms with E-state index in [2.05, 4.69) is 15.6 Å².